The third-order valence-corrected chi connectivity index (χ3v) is 3.22. The minimum atomic E-state index is -2.64. The van der Waals surface area contributed by atoms with Gasteiger partial charge in [0, 0.05) is 12.8 Å². The molecule has 0 radical (unpaired) electrons. The lowest BCUT2D eigenvalue weighted by atomic mass is 10.5. The second-order valence-electron chi connectivity index (χ2n) is 2.68. The molecule has 0 spiro atoms. The second-order valence-corrected chi connectivity index (χ2v) is 8.79. The van der Waals surface area contributed by atoms with Crippen molar-refractivity contribution in [2.75, 3.05) is 13.2 Å². The minimum absolute atomic E-state index is 0.0159. The molecule has 0 saturated carbocycles. The van der Waals surface area contributed by atoms with Gasteiger partial charge in [-0.15, -0.1) is 0 Å². The van der Waals surface area contributed by atoms with Gasteiger partial charge in [-0.3, -0.25) is 4.57 Å². The molecular weight excluding hydrogens is 364 g/mol. The number of halogens is 6. The standard InChI is InChI=1S/C6H9Cl6O3P/c7-5(8,9)1-3-14-16(13)15-4-2-6(10,11)12/h16H,1-4H2. The van der Waals surface area contributed by atoms with E-state index < -0.39 is 15.8 Å². The lowest BCUT2D eigenvalue weighted by Gasteiger charge is -2.12. The molecule has 16 heavy (non-hydrogen) atoms. The molecule has 3 nitrogen and oxygen atoms in total. The van der Waals surface area contributed by atoms with Gasteiger partial charge in [0.05, 0.1) is 13.2 Å². The molecule has 0 saturated heterocycles. The lowest BCUT2D eigenvalue weighted by molar-refractivity contribution is 0.223. The minimum Gasteiger partial charge on any atom is -0.310 e. The van der Waals surface area contributed by atoms with Gasteiger partial charge in [-0.05, 0) is 0 Å². The Morgan fingerprint density at radius 1 is 0.812 bits per heavy atom. The van der Waals surface area contributed by atoms with Gasteiger partial charge < -0.3 is 9.05 Å². The zero-order chi connectivity index (χ0) is 12.8. The predicted octanol–water partition coefficient (Wildman–Crippen LogP) is 4.93. The predicted molar refractivity (Wildman–Crippen MR) is 70.7 cm³/mol. The van der Waals surface area contributed by atoms with Crippen molar-refractivity contribution in [2.45, 2.75) is 20.4 Å². The Morgan fingerprint density at radius 3 is 1.38 bits per heavy atom. The van der Waals surface area contributed by atoms with Crippen LogP contribution in [0, 0.1) is 0 Å². The van der Waals surface area contributed by atoms with Crippen molar-refractivity contribution in [3.8, 4) is 0 Å². The molecule has 0 aliphatic carbocycles. The number of alkyl halides is 6. The van der Waals surface area contributed by atoms with E-state index in [9.17, 15) is 4.57 Å². The van der Waals surface area contributed by atoms with E-state index in [0.29, 0.717) is 0 Å². The van der Waals surface area contributed by atoms with Gasteiger partial charge in [0.2, 0.25) is 0 Å². The monoisotopic (exact) mass is 370 g/mol. The van der Waals surface area contributed by atoms with Gasteiger partial charge in [0.15, 0.2) is 7.59 Å². The maximum absolute atomic E-state index is 11.1. The second kappa shape index (κ2) is 8.14. The third-order valence-electron chi connectivity index (χ3n) is 1.21. The largest absolute Gasteiger partial charge is 0.319 e. The van der Waals surface area contributed by atoms with Crippen LogP contribution in [0.15, 0.2) is 0 Å². The van der Waals surface area contributed by atoms with Crippen LogP contribution in [0.3, 0.4) is 0 Å². The van der Waals surface area contributed by atoms with Crippen molar-refractivity contribution in [1.29, 1.82) is 0 Å². The van der Waals surface area contributed by atoms with Crippen LogP contribution in [0.2, 0.25) is 0 Å². The van der Waals surface area contributed by atoms with Crippen LogP contribution in [0.25, 0.3) is 0 Å². The number of hydrogen-bond donors (Lipinski definition) is 0. The Morgan fingerprint density at radius 2 is 1.12 bits per heavy atom. The molecule has 0 aromatic rings. The van der Waals surface area contributed by atoms with Gasteiger partial charge in [-0.2, -0.15) is 0 Å². The van der Waals surface area contributed by atoms with E-state index in [1.54, 1.807) is 0 Å². The molecule has 0 amide bonds. The molecule has 0 aromatic carbocycles. The van der Waals surface area contributed by atoms with E-state index >= 15 is 0 Å². The molecule has 10 heteroatoms. The first-order chi connectivity index (χ1) is 7.10. The van der Waals surface area contributed by atoms with E-state index in [-0.39, 0.29) is 26.1 Å². The molecule has 0 rings (SSSR count). The topological polar surface area (TPSA) is 35.5 Å². The highest BCUT2D eigenvalue weighted by molar-refractivity contribution is 7.33. The SMILES string of the molecule is O=[PH](OCCC(Cl)(Cl)Cl)OCCC(Cl)(Cl)Cl. The quantitative estimate of drug-likeness (QED) is 0.490. The van der Waals surface area contributed by atoms with Gasteiger partial charge in [-0.25, -0.2) is 0 Å². The van der Waals surface area contributed by atoms with Crippen LogP contribution < -0.4 is 0 Å². The van der Waals surface area contributed by atoms with E-state index in [1.165, 1.54) is 0 Å². The molecule has 0 bridgehead atoms. The number of rotatable bonds is 6. The molecule has 0 atom stereocenters. The van der Waals surface area contributed by atoms with Crippen LogP contribution in [-0.4, -0.2) is 20.8 Å². The lowest BCUT2D eigenvalue weighted by Crippen LogP contribution is -2.07. The van der Waals surface area contributed by atoms with E-state index in [2.05, 4.69) is 0 Å². The third kappa shape index (κ3) is 14.0. The summed E-state index contributed by atoms with van der Waals surface area (Å²) in [5.74, 6) is 0. The molecule has 0 N–H and O–H groups in total. The maximum atomic E-state index is 11.1. The first-order valence-electron chi connectivity index (χ1n) is 4.03. The van der Waals surface area contributed by atoms with Crippen molar-refractivity contribution >= 4 is 77.9 Å². The highest BCUT2D eigenvalue weighted by atomic mass is 35.6. The van der Waals surface area contributed by atoms with Gasteiger partial charge in [-0.1, -0.05) is 69.6 Å². The van der Waals surface area contributed by atoms with E-state index in [4.69, 9.17) is 78.7 Å². The molecule has 0 aliphatic heterocycles. The van der Waals surface area contributed by atoms with E-state index in [1.807, 2.05) is 0 Å². The summed E-state index contributed by atoms with van der Waals surface area (Å²) in [5, 5.41) is 0. The Balaban J connectivity index is 3.53. The van der Waals surface area contributed by atoms with Crippen LogP contribution >= 0.6 is 77.9 Å². The average Bonchev–Trinajstić information content (AvgIpc) is 1.98. The fourth-order valence-corrected chi connectivity index (χ4v) is 1.63. The first-order valence-corrected chi connectivity index (χ1v) is 7.52. The summed E-state index contributed by atoms with van der Waals surface area (Å²) in [7, 11) is -2.64. The molecule has 0 heterocycles. The highest BCUT2D eigenvalue weighted by Gasteiger charge is 2.21. The van der Waals surface area contributed by atoms with Crippen molar-refractivity contribution in [2.24, 2.45) is 0 Å². The number of hydrogen-bond acceptors (Lipinski definition) is 3. The molecular formula is C6H9Cl6O3P. The molecule has 0 aromatic heterocycles. The van der Waals surface area contributed by atoms with Crippen LogP contribution in [0.5, 0.6) is 0 Å². The van der Waals surface area contributed by atoms with Crippen molar-refractivity contribution in [1.82, 2.24) is 0 Å². The normalized spacial score (nSPS) is 13.4. The Labute approximate surface area is 124 Å². The summed E-state index contributed by atoms with van der Waals surface area (Å²) < 4.78 is 17.8. The molecule has 98 valence electrons. The average molecular weight is 373 g/mol. The summed E-state index contributed by atoms with van der Waals surface area (Å²) in [4.78, 5) is 0. The Hall–Kier alpha value is 1.89. The van der Waals surface area contributed by atoms with Crippen molar-refractivity contribution in [3.63, 3.8) is 0 Å². The van der Waals surface area contributed by atoms with E-state index in [0.717, 1.165) is 0 Å². The Kier molecular flexibility index (Phi) is 9.10. The molecule has 0 aliphatic rings. The highest BCUT2D eigenvalue weighted by Crippen LogP contribution is 2.34. The van der Waals surface area contributed by atoms with Gasteiger partial charge >= 0.3 is 8.25 Å². The molecule has 0 fully saturated rings. The van der Waals surface area contributed by atoms with Gasteiger partial charge in [0.1, 0.15) is 0 Å². The van der Waals surface area contributed by atoms with Gasteiger partial charge in [0.25, 0.3) is 0 Å². The van der Waals surface area contributed by atoms with Crippen LogP contribution in [0.1, 0.15) is 12.8 Å². The fraction of sp³-hybridized carbons (Fsp3) is 1.00. The zero-order valence-electron chi connectivity index (χ0n) is 7.82. The fourth-order valence-electron chi connectivity index (χ4n) is 0.542. The molecule has 0 unspecified atom stereocenters. The van der Waals surface area contributed by atoms with Crippen molar-refractivity contribution in [3.05, 3.63) is 0 Å². The summed E-state index contributed by atoms with van der Waals surface area (Å²) in [6.07, 6.45) is 0.226. The summed E-state index contributed by atoms with van der Waals surface area (Å²) >= 11 is 32.7. The zero-order valence-corrected chi connectivity index (χ0v) is 13.4. The summed E-state index contributed by atoms with van der Waals surface area (Å²) in [6, 6.07) is 0. The van der Waals surface area contributed by atoms with Crippen LogP contribution in [0.4, 0.5) is 0 Å². The Bertz CT molecular complexity index is 203. The smallest absolute Gasteiger partial charge is 0.310 e. The van der Waals surface area contributed by atoms with Crippen LogP contribution in [-0.2, 0) is 13.6 Å². The van der Waals surface area contributed by atoms with Crippen molar-refractivity contribution < 1.29 is 13.6 Å². The summed E-state index contributed by atoms with van der Waals surface area (Å²) in [5.41, 5.74) is 0. The maximum Gasteiger partial charge on any atom is 0.319 e. The first kappa shape index (κ1) is 17.9. The summed E-state index contributed by atoms with van der Waals surface area (Å²) in [6.45, 7) is 0.0319.